The first kappa shape index (κ1) is 23.4. The Morgan fingerprint density at radius 3 is 2.84 bits per heavy atom. The van der Waals surface area contributed by atoms with E-state index in [1.165, 1.54) is 43.5 Å². The number of halogens is 1. The third-order valence-corrected chi connectivity index (χ3v) is 8.88. The van der Waals surface area contributed by atoms with Crippen LogP contribution in [0.1, 0.15) is 24.8 Å². The van der Waals surface area contributed by atoms with Crippen molar-refractivity contribution >= 4 is 27.6 Å². The van der Waals surface area contributed by atoms with Crippen molar-refractivity contribution in [2.75, 3.05) is 19.6 Å². The Kier molecular flexibility index (Phi) is 6.30. The number of nitrogens with zero attached hydrogens (tertiary/aromatic N) is 6. The number of aromatic amines is 2. The fourth-order valence-corrected chi connectivity index (χ4v) is 6.95. The Morgan fingerprint density at radius 1 is 1.00 bits per heavy atom. The van der Waals surface area contributed by atoms with E-state index in [0.29, 0.717) is 11.5 Å². The number of fused-ring (bicyclic) bond motifs is 2. The van der Waals surface area contributed by atoms with Crippen LogP contribution >= 0.6 is 0 Å². The van der Waals surface area contributed by atoms with E-state index in [2.05, 4.69) is 56.4 Å². The van der Waals surface area contributed by atoms with Crippen LogP contribution in [0.2, 0.25) is 0 Å². The van der Waals surface area contributed by atoms with Crippen molar-refractivity contribution in [1.29, 1.82) is 0 Å². The molecule has 7 rings (SSSR count). The van der Waals surface area contributed by atoms with E-state index < -0.39 is 0 Å². The minimum absolute atomic E-state index is 0.151. The van der Waals surface area contributed by atoms with Gasteiger partial charge >= 0.3 is 214 Å². The zero-order valence-corrected chi connectivity index (χ0v) is 22.9. The van der Waals surface area contributed by atoms with Crippen molar-refractivity contribution in [3.8, 4) is 22.6 Å². The Hall–Kier alpha value is -3.70. The van der Waals surface area contributed by atoms with E-state index in [1.54, 1.807) is 12.4 Å². The van der Waals surface area contributed by atoms with Gasteiger partial charge in [-0.15, -0.1) is 0 Å². The summed E-state index contributed by atoms with van der Waals surface area (Å²) in [6, 6.07) is 6.12. The van der Waals surface area contributed by atoms with Gasteiger partial charge in [0.05, 0.1) is 0 Å². The van der Waals surface area contributed by atoms with Crippen molar-refractivity contribution in [3.63, 3.8) is 0 Å². The standard InChI is InChI=1S/C29H26IN8/c1-2-9-38(10-3-1)18-19-6-7-30-13-21(11-19)22-12-23-27(36-37-28(23)33-15-22)29-34-25-17-32-16-24(26(25)35-29)20-5-4-8-31-14-20/h4-8,11-17H,1-3,9-10,18H2,(H,34,35)(H,33,36,37)/q-1. The Morgan fingerprint density at radius 2 is 1.95 bits per heavy atom. The molecule has 0 atom stereocenters. The molecule has 7 heterocycles. The number of H-pyrrole nitrogens is 2. The molecule has 0 bridgehead atoms. The van der Waals surface area contributed by atoms with Gasteiger partial charge in [-0.05, 0) is 6.07 Å². The Bertz CT molecular complexity index is 1710. The van der Waals surface area contributed by atoms with Crippen molar-refractivity contribution in [1.82, 2.24) is 40.0 Å². The quantitative estimate of drug-likeness (QED) is 0.296. The summed E-state index contributed by atoms with van der Waals surface area (Å²) in [5, 5.41) is 8.59. The molecule has 0 amide bonds. The van der Waals surface area contributed by atoms with Crippen molar-refractivity contribution < 1.29 is 21.2 Å². The first-order chi connectivity index (χ1) is 18.8. The van der Waals surface area contributed by atoms with E-state index in [1.807, 2.05) is 30.7 Å². The molecule has 0 spiro atoms. The molecule has 38 heavy (non-hydrogen) atoms. The van der Waals surface area contributed by atoms with Gasteiger partial charge in [0.2, 0.25) is 0 Å². The molecule has 1 saturated heterocycles. The zero-order valence-electron chi connectivity index (χ0n) is 20.7. The molecule has 1 fully saturated rings. The number of nitrogens with one attached hydrogen (secondary N) is 2. The molecular weight excluding hydrogens is 587 g/mol. The van der Waals surface area contributed by atoms with E-state index in [4.69, 9.17) is 9.97 Å². The van der Waals surface area contributed by atoms with Crippen LogP contribution in [0, 0.1) is 0 Å². The molecule has 0 unspecified atom stereocenters. The summed E-state index contributed by atoms with van der Waals surface area (Å²) in [6.07, 6.45) is 17.8. The number of allylic oxidation sites excluding steroid dienone is 2. The summed E-state index contributed by atoms with van der Waals surface area (Å²) < 4.78 is 4.74. The van der Waals surface area contributed by atoms with Crippen LogP contribution in [0.5, 0.6) is 0 Å². The van der Waals surface area contributed by atoms with Gasteiger partial charge in [0.15, 0.2) is 0 Å². The summed E-state index contributed by atoms with van der Waals surface area (Å²) in [6.45, 7) is 3.40. The average molecular weight is 613 g/mol. The molecule has 0 aliphatic carbocycles. The van der Waals surface area contributed by atoms with Crippen LogP contribution in [0.4, 0.5) is 0 Å². The number of likely N-dealkylation sites (tertiary alicyclic amines) is 1. The second kappa shape index (κ2) is 10.2. The fraction of sp³-hybridized carbons (Fsp3) is 0.207. The SMILES string of the molecule is C1=CC(CN2CCCCC2)=CC(c2cnc3n[nH]c(-c4nc5c(-c6cccnc6)cncc5[nH]4)c3c2)=C[I-]1. The summed E-state index contributed by atoms with van der Waals surface area (Å²) in [7, 11) is 0. The van der Waals surface area contributed by atoms with Crippen molar-refractivity contribution in [2.45, 2.75) is 19.3 Å². The molecule has 0 radical (unpaired) electrons. The molecule has 5 aromatic heterocycles. The molecule has 0 saturated carbocycles. The monoisotopic (exact) mass is 613 g/mol. The van der Waals surface area contributed by atoms with Crippen molar-refractivity contribution in [3.05, 3.63) is 80.6 Å². The third kappa shape index (κ3) is 4.56. The predicted octanol–water partition coefficient (Wildman–Crippen LogP) is 2.33. The first-order valence-electron chi connectivity index (χ1n) is 12.8. The molecule has 5 aromatic rings. The van der Waals surface area contributed by atoms with E-state index in [0.717, 1.165) is 45.3 Å². The van der Waals surface area contributed by atoms with Gasteiger partial charge in [-0.2, -0.15) is 0 Å². The van der Waals surface area contributed by atoms with Crippen LogP contribution in [-0.2, 0) is 0 Å². The average Bonchev–Trinajstić information content (AvgIpc) is 3.52. The van der Waals surface area contributed by atoms with Gasteiger partial charge in [-0.3, -0.25) is 4.98 Å². The van der Waals surface area contributed by atoms with Crippen LogP contribution in [0.25, 0.3) is 50.3 Å². The number of imidazole rings is 1. The maximum atomic E-state index is 4.96. The molecular formula is C29H26IN8-. The second-order valence-corrected chi connectivity index (χ2v) is 11.7. The van der Waals surface area contributed by atoms with E-state index in [-0.39, 0.29) is 21.2 Å². The zero-order chi connectivity index (χ0) is 25.3. The Labute approximate surface area is 230 Å². The summed E-state index contributed by atoms with van der Waals surface area (Å²) in [5.74, 6) is 0.713. The predicted molar refractivity (Wildman–Crippen MR) is 145 cm³/mol. The number of rotatable bonds is 5. The minimum atomic E-state index is -0.151. The molecule has 9 heteroatoms. The normalized spacial score (nSPS) is 16.7. The van der Waals surface area contributed by atoms with Gasteiger partial charge < -0.3 is 0 Å². The second-order valence-electron chi connectivity index (χ2n) is 9.64. The van der Waals surface area contributed by atoms with Crippen molar-refractivity contribution in [2.24, 2.45) is 0 Å². The van der Waals surface area contributed by atoms with Crippen LogP contribution in [0.15, 0.2) is 75.1 Å². The number of hydrogen-bond acceptors (Lipinski definition) is 6. The number of aromatic nitrogens is 7. The van der Waals surface area contributed by atoms with Crippen LogP contribution < -0.4 is 21.2 Å². The maximum absolute atomic E-state index is 4.96. The first-order valence-corrected chi connectivity index (χ1v) is 15.3. The summed E-state index contributed by atoms with van der Waals surface area (Å²) >= 11 is -0.151. The number of hydrogen-bond donors (Lipinski definition) is 2. The van der Waals surface area contributed by atoms with Gasteiger partial charge in [-0.1, -0.05) is 0 Å². The molecule has 2 aliphatic rings. The van der Waals surface area contributed by atoms with Gasteiger partial charge in [0.25, 0.3) is 0 Å². The fourth-order valence-electron chi connectivity index (χ4n) is 5.14. The summed E-state index contributed by atoms with van der Waals surface area (Å²) in [4.78, 5) is 24.3. The molecule has 2 aliphatic heterocycles. The molecule has 0 aromatic carbocycles. The van der Waals surface area contributed by atoms with Gasteiger partial charge in [0, 0.05) is 6.20 Å². The van der Waals surface area contributed by atoms with E-state index >= 15 is 0 Å². The molecule has 2 N–H and O–H groups in total. The third-order valence-electron chi connectivity index (χ3n) is 7.07. The summed E-state index contributed by atoms with van der Waals surface area (Å²) in [5.41, 5.74) is 8.84. The topological polar surface area (TPSA) is 99.3 Å². The molecule has 8 nitrogen and oxygen atoms in total. The van der Waals surface area contributed by atoms with Gasteiger partial charge in [-0.25, -0.2) is 0 Å². The number of pyridine rings is 3. The number of piperidine rings is 1. The van der Waals surface area contributed by atoms with Crippen LogP contribution in [-0.4, -0.2) is 59.7 Å². The van der Waals surface area contributed by atoms with E-state index in [9.17, 15) is 0 Å². The Balaban J connectivity index is 1.25. The van der Waals surface area contributed by atoms with Crippen LogP contribution in [0.3, 0.4) is 0 Å². The molecule has 190 valence electrons. The van der Waals surface area contributed by atoms with Gasteiger partial charge in [0.1, 0.15) is 0 Å².